The van der Waals surface area contributed by atoms with Gasteiger partial charge in [0.15, 0.2) is 11.3 Å². The van der Waals surface area contributed by atoms with Gasteiger partial charge in [0, 0.05) is 30.9 Å². The second-order valence-corrected chi connectivity index (χ2v) is 7.09. The van der Waals surface area contributed by atoms with Crippen molar-refractivity contribution in [3.05, 3.63) is 54.0 Å². The number of rotatable bonds is 4. The van der Waals surface area contributed by atoms with E-state index in [1.54, 1.807) is 4.68 Å². The van der Waals surface area contributed by atoms with Crippen LogP contribution < -0.4 is 4.90 Å². The molecule has 0 aliphatic carbocycles. The van der Waals surface area contributed by atoms with Gasteiger partial charge in [0.1, 0.15) is 0 Å². The molecule has 0 spiro atoms. The summed E-state index contributed by atoms with van der Waals surface area (Å²) in [4.78, 5) is 22.1. The molecule has 4 aromatic rings. The zero-order chi connectivity index (χ0) is 20.7. The number of ether oxygens (including phenoxy) is 1. The van der Waals surface area contributed by atoms with Crippen molar-refractivity contribution in [2.45, 2.75) is 6.92 Å². The summed E-state index contributed by atoms with van der Waals surface area (Å²) in [6.07, 6.45) is 1.82. The van der Waals surface area contributed by atoms with Gasteiger partial charge >= 0.3 is 11.9 Å². The Morgan fingerprint density at radius 3 is 2.73 bits per heavy atom. The fraction of sp³-hybridized carbons (Fsp3) is 0.238. The van der Waals surface area contributed by atoms with Gasteiger partial charge in [-0.15, -0.1) is 0 Å². The third kappa shape index (κ3) is 3.29. The monoisotopic (exact) mass is 405 g/mol. The lowest BCUT2D eigenvalue weighted by molar-refractivity contribution is 0.0656. The summed E-state index contributed by atoms with van der Waals surface area (Å²) in [5.41, 5.74) is 4.32. The topological polar surface area (TPSA) is 107 Å². The Bertz CT molecular complexity index is 1240. The molecule has 5 rings (SSSR count). The van der Waals surface area contributed by atoms with E-state index in [2.05, 4.69) is 26.0 Å². The highest BCUT2D eigenvalue weighted by Gasteiger charge is 2.23. The van der Waals surface area contributed by atoms with Crippen LogP contribution in [0.5, 0.6) is 0 Å². The molecule has 1 aliphatic heterocycles. The fourth-order valence-electron chi connectivity index (χ4n) is 3.55. The van der Waals surface area contributed by atoms with Crippen LogP contribution in [-0.4, -0.2) is 57.1 Å². The number of hydrogen-bond donors (Lipinski definition) is 1. The summed E-state index contributed by atoms with van der Waals surface area (Å²) in [6, 6.07) is 11.9. The first kappa shape index (κ1) is 18.3. The van der Waals surface area contributed by atoms with Crippen molar-refractivity contribution in [3.8, 4) is 17.1 Å². The number of aromatic carboxylic acids is 1. The van der Waals surface area contributed by atoms with E-state index < -0.39 is 5.97 Å². The van der Waals surface area contributed by atoms with Gasteiger partial charge in [-0.05, 0) is 19.1 Å². The van der Waals surface area contributed by atoms with E-state index in [9.17, 15) is 9.90 Å². The highest BCUT2D eigenvalue weighted by atomic mass is 16.5. The molecule has 9 heteroatoms. The quantitative estimate of drug-likeness (QED) is 0.552. The largest absolute Gasteiger partial charge is 0.474 e. The number of hydrogen-bond acceptors (Lipinski definition) is 7. The van der Waals surface area contributed by atoms with Gasteiger partial charge in [0.2, 0.25) is 0 Å². The highest BCUT2D eigenvalue weighted by molar-refractivity contribution is 5.91. The molecule has 3 aromatic heterocycles. The van der Waals surface area contributed by atoms with Crippen molar-refractivity contribution in [2.24, 2.45) is 0 Å². The van der Waals surface area contributed by atoms with Crippen LogP contribution in [0.1, 0.15) is 16.2 Å². The van der Waals surface area contributed by atoms with E-state index in [1.165, 1.54) is 0 Å². The number of aryl methyl sites for hydroxylation is 1. The molecule has 1 N–H and O–H groups in total. The maximum Gasteiger partial charge on any atom is 0.392 e. The summed E-state index contributed by atoms with van der Waals surface area (Å²) in [6.45, 7) is 4.54. The van der Waals surface area contributed by atoms with Crippen molar-refractivity contribution in [2.75, 3.05) is 31.2 Å². The second-order valence-electron chi connectivity index (χ2n) is 7.09. The van der Waals surface area contributed by atoms with Crippen molar-refractivity contribution in [1.82, 2.24) is 19.7 Å². The fourth-order valence-corrected chi connectivity index (χ4v) is 3.55. The molecule has 0 amide bonds. The Hall–Kier alpha value is -3.72. The molecule has 0 unspecified atom stereocenters. The minimum absolute atomic E-state index is 0.166. The average molecular weight is 405 g/mol. The molecule has 1 aliphatic rings. The van der Waals surface area contributed by atoms with E-state index in [0.29, 0.717) is 37.6 Å². The molecule has 1 fully saturated rings. The molecule has 1 saturated heterocycles. The van der Waals surface area contributed by atoms with E-state index in [4.69, 9.17) is 9.15 Å². The van der Waals surface area contributed by atoms with Crippen LogP contribution in [0.25, 0.3) is 28.3 Å². The molecular formula is C21H19N5O4. The van der Waals surface area contributed by atoms with Crippen molar-refractivity contribution >= 4 is 22.9 Å². The number of morpholine rings is 1. The number of fused-ring (bicyclic) bond motifs is 1. The summed E-state index contributed by atoms with van der Waals surface area (Å²) in [5, 5.41) is 13.9. The number of pyridine rings is 1. The molecule has 9 nitrogen and oxygen atoms in total. The summed E-state index contributed by atoms with van der Waals surface area (Å²) < 4.78 is 12.5. The molecule has 0 radical (unpaired) electrons. The Balaban J connectivity index is 1.61. The number of carboxylic acid groups (broad SMARTS) is 1. The van der Waals surface area contributed by atoms with E-state index >= 15 is 0 Å². The van der Waals surface area contributed by atoms with Crippen molar-refractivity contribution in [3.63, 3.8) is 0 Å². The Labute approximate surface area is 171 Å². The van der Waals surface area contributed by atoms with Crippen LogP contribution in [0.15, 0.2) is 47.0 Å². The number of carboxylic acids is 1. The van der Waals surface area contributed by atoms with Crippen LogP contribution >= 0.6 is 0 Å². The van der Waals surface area contributed by atoms with Gasteiger partial charge in [-0.1, -0.05) is 23.8 Å². The zero-order valence-corrected chi connectivity index (χ0v) is 16.3. The van der Waals surface area contributed by atoms with Gasteiger partial charge in [0.25, 0.3) is 5.71 Å². The lowest BCUT2D eigenvalue weighted by atomic mass is 10.1. The second kappa shape index (κ2) is 7.27. The van der Waals surface area contributed by atoms with Crippen LogP contribution in [0, 0.1) is 6.92 Å². The maximum atomic E-state index is 11.4. The predicted molar refractivity (Wildman–Crippen MR) is 109 cm³/mol. The van der Waals surface area contributed by atoms with Gasteiger partial charge < -0.3 is 19.2 Å². The number of carbonyl (C=O) groups is 1. The number of aromatic nitrogens is 4. The van der Waals surface area contributed by atoms with Crippen LogP contribution in [0.3, 0.4) is 0 Å². The van der Waals surface area contributed by atoms with Crippen molar-refractivity contribution < 1.29 is 19.1 Å². The average Bonchev–Trinajstić information content (AvgIpc) is 3.41. The number of nitrogens with zero attached hydrogens (tertiary/aromatic N) is 5. The van der Waals surface area contributed by atoms with Crippen LogP contribution in [-0.2, 0) is 4.74 Å². The lowest BCUT2D eigenvalue weighted by Gasteiger charge is -2.28. The standard InChI is InChI=1S/C21H19N5O4/c1-13-3-2-4-14(11-13)15-5-6-26(24-15)17-12-16(25-7-9-29-10-8-25)18-19(22-17)30-20(23-18)21(27)28/h2-6,11-12H,7-10H2,1H3,(H,27,28). The summed E-state index contributed by atoms with van der Waals surface area (Å²) in [7, 11) is 0. The first-order chi connectivity index (χ1) is 14.6. The van der Waals surface area contributed by atoms with E-state index in [0.717, 1.165) is 22.5 Å². The molecule has 152 valence electrons. The molecule has 1 aromatic carbocycles. The Morgan fingerprint density at radius 1 is 1.13 bits per heavy atom. The molecule has 0 saturated carbocycles. The number of anilines is 1. The van der Waals surface area contributed by atoms with Gasteiger partial charge in [-0.25, -0.2) is 9.48 Å². The number of oxazole rings is 1. The third-order valence-corrected chi connectivity index (χ3v) is 5.01. The predicted octanol–water partition coefficient (Wildman–Crippen LogP) is 2.92. The number of benzene rings is 1. The van der Waals surface area contributed by atoms with Crippen LogP contribution in [0.2, 0.25) is 0 Å². The minimum atomic E-state index is -1.23. The lowest BCUT2D eigenvalue weighted by Crippen LogP contribution is -2.36. The molecule has 30 heavy (non-hydrogen) atoms. The van der Waals surface area contributed by atoms with Gasteiger partial charge in [-0.2, -0.15) is 15.1 Å². The first-order valence-electron chi connectivity index (χ1n) is 9.59. The van der Waals surface area contributed by atoms with Crippen LogP contribution in [0.4, 0.5) is 5.69 Å². The van der Waals surface area contributed by atoms with Gasteiger partial charge in [-0.3, -0.25) is 0 Å². The molecule has 0 atom stereocenters. The van der Waals surface area contributed by atoms with Gasteiger partial charge in [0.05, 0.1) is 24.6 Å². The maximum absolute atomic E-state index is 11.4. The van der Waals surface area contributed by atoms with Crippen molar-refractivity contribution in [1.29, 1.82) is 0 Å². The smallest absolute Gasteiger partial charge is 0.392 e. The molecular weight excluding hydrogens is 386 g/mol. The minimum Gasteiger partial charge on any atom is -0.474 e. The molecule has 0 bridgehead atoms. The van der Waals surface area contributed by atoms with E-state index in [1.807, 2.05) is 43.5 Å². The molecule has 4 heterocycles. The zero-order valence-electron chi connectivity index (χ0n) is 16.3. The highest BCUT2D eigenvalue weighted by Crippen LogP contribution is 2.29. The summed E-state index contributed by atoms with van der Waals surface area (Å²) in [5.74, 6) is -1.09. The third-order valence-electron chi connectivity index (χ3n) is 5.01. The normalized spacial score (nSPS) is 14.4. The Kier molecular flexibility index (Phi) is 4.44. The summed E-state index contributed by atoms with van der Waals surface area (Å²) >= 11 is 0. The Morgan fingerprint density at radius 2 is 1.97 bits per heavy atom. The van der Waals surface area contributed by atoms with E-state index in [-0.39, 0.29) is 11.6 Å². The first-order valence-corrected chi connectivity index (χ1v) is 9.59. The SMILES string of the molecule is Cc1cccc(-c2ccn(-c3cc(N4CCOCC4)c4nc(C(=O)O)oc4n3)n2)c1.